The second kappa shape index (κ2) is 7.62. The van der Waals surface area contributed by atoms with Crippen molar-refractivity contribution in [2.24, 2.45) is 10.7 Å². The summed E-state index contributed by atoms with van der Waals surface area (Å²) in [6, 6.07) is 6.28. The quantitative estimate of drug-likeness (QED) is 0.706. The van der Waals surface area contributed by atoms with E-state index in [1.807, 2.05) is 12.3 Å². The van der Waals surface area contributed by atoms with Gasteiger partial charge in [0.15, 0.2) is 0 Å². The lowest BCUT2D eigenvalue weighted by molar-refractivity contribution is 0.376. The highest BCUT2D eigenvalue weighted by Crippen LogP contribution is 2.19. The fraction of sp³-hybridized carbons (Fsp3) is 0.500. The summed E-state index contributed by atoms with van der Waals surface area (Å²) >= 11 is 0. The van der Waals surface area contributed by atoms with Gasteiger partial charge in [0, 0.05) is 11.9 Å². The zero-order valence-electron chi connectivity index (χ0n) is 14.7. The van der Waals surface area contributed by atoms with Gasteiger partial charge in [-0.2, -0.15) is 0 Å². The molecule has 0 aromatic heterocycles. The number of hydrogen-bond acceptors (Lipinski definition) is 5. The van der Waals surface area contributed by atoms with Gasteiger partial charge >= 0.3 is 0 Å². The van der Waals surface area contributed by atoms with Crippen molar-refractivity contribution in [2.45, 2.75) is 38.8 Å². The zero-order chi connectivity index (χ0) is 16.9. The standard InChI is InChI=1S/C18H29N5/c1-14-7-8-16(13-15(14)2)21-17-20-11-10-18(19,22-17)9-5-6-12-23(3)4/h7-8,10-11,13H,5-6,9,12,19H2,1-4H3,(H2,20,21,22). The van der Waals surface area contributed by atoms with E-state index in [1.54, 1.807) is 0 Å². The van der Waals surface area contributed by atoms with Crippen LogP contribution in [-0.2, 0) is 0 Å². The Kier molecular flexibility index (Phi) is 5.80. The van der Waals surface area contributed by atoms with Gasteiger partial charge in [-0.3, -0.25) is 0 Å². The van der Waals surface area contributed by atoms with Crippen LogP contribution in [0.5, 0.6) is 0 Å². The number of unbranched alkanes of at least 4 members (excludes halogenated alkanes) is 1. The molecule has 2 rings (SSSR count). The van der Waals surface area contributed by atoms with Crippen molar-refractivity contribution in [2.75, 3.05) is 26.0 Å². The van der Waals surface area contributed by atoms with Gasteiger partial charge in [-0.05, 0) is 83.1 Å². The maximum absolute atomic E-state index is 6.41. The van der Waals surface area contributed by atoms with Crippen LogP contribution in [0.1, 0.15) is 30.4 Å². The highest BCUT2D eigenvalue weighted by molar-refractivity contribution is 5.95. The monoisotopic (exact) mass is 315 g/mol. The van der Waals surface area contributed by atoms with Crippen molar-refractivity contribution >= 4 is 11.6 Å². The molecule has 1 aromatic rings. The molecule has 1 aliphatic heterocycles. The van der Waals surface area contributed by atoms with Crippen molar-refractivity contribution in [1.82, 2.24) is 10.2 Å². The molecule has 5 nitrogen and oxygen atoms in total. The average molecular weight is 315 g/mol. The summed E-state index contributed by atoms with van der Waals surface area (Å²) in [6.45, 7) is 5.29. The Morgan fingerprint density at radius 3 is 2.70 bits per heavy atom. The zero-order valence-corrected chi connectivity index (χ0v) is 14.7. The third-order valence-electron chi connectivity index (χ3n) is 4.11. The van der Waals surface area contributed by atoms with E-state index < -0.39 is 5.66 Å². The molecule has 1 atom stereocenters. The Labute approximate surface area is 139 Å². The first-order chi connectivity index (χ1) is 10.9. The van der Waals surface area contributed by atoms with Gasteiger partial charge in [-0.25, -0.2) is 4.99 Å². The lowest BCUT2D eigenvalue weighted by Gasteiger charge is -2.27. The minimum Gasteiger partial charge on any atom is -0.333 e. The molecule has 0 amide bonds. The minimum atomic E-state index is -0.625. The van der Waals surface area contributed by atoms with E-state index >= 15 is 0 Å². The molecular weight excluding hydrogens is 286 g/mol. The Bertz CT molecular complexity index is 591. The van der Waals surface area contributed by atoms with Gasteiger partial charge in [-0.1, -0.05) is 6.07 Å². The highest BCUT2D eigenvalue weighted by Gasteiger charge is 2.23. The second-order valence-corrected chi connectivity index (χ2v) is 6.61. The number of nitrogens with one attached hydrogen (secondary N) is 2. The van der Waals surface area contributed by atoms with Gasteiger partial charge in [0.05, 0.1) is 0 Å². The fourth-order valence-electron chi connectivity index (χ4n) is 2.54. The third kappa shape index (κ3) is 5.37. The van der Waals surface area contributed by atoms with Crippen molar-refractivity contribution in [1.29, 1.82) is 0 Å². The SMILES string of the molecule is Cc1ccc(NC2=NC(N)(CCCCN(C)C)C=CN2)cc1C. The molecule has 0 spiro atoms. The van der Waals surface area contributed by atoms with Gasteiger partial charge in [0.2, 0.25) is 5.96 Å². The molecule has 0 radical (unpaired) electrons. The predicted octanol–water partition coefficient (Wildman–Crippen LogP) is 2.58. The van der Waals surface area contributed by atoms with Crippen LogP contribution in [0.3, 0.4) is 0 Å². The Morgan fingerprint density at radius 2 is 2.00 bits per heavy atom. The van der Waals surface area contributed by atoms with Crippen molar-refractivity contribution in [3.63, 3.8) is 0 Å². The van der Waals surface area contributed by atoms with E-state index in [4.69, 9.17) is 5.73 Å². The summed E-state index contributed by atoms with van der Waals surface area (Å²) in [5.74, 6) is 0.700. The van der Waals surface area contributed by atoms with Gasteiger partial charge in [0.25, 0.3) is 0 Å². The minimum absolute atomic E-state index is 0.625. The molecule has 0 bridgehead atoms. The van der Waals surface area contributed by atoms with E-state index in [1.165, 1.54) is 11.1 Å². The van der Waals surface area contributed by atoms with Gasteiger partial charge in [-0.15, -0.1) is 0 Å². The Morgan fingerprint density at radius 1 is 1.22 bits per heavy atom. The number of hydrogen-bond donors (Lipinski definition) is 3. The molecule has 0 fully saturated rings. The number of aliphatic imine (C=N–C) groups is 1. The molecule has 5 heteroatoms. The average Bonchev–Trinajstić information content (AvgIpc) is 2.47. The highest BCUT2D eigenvalue weighted by atomic mass is 15.2. The van der Waals surface area contributed by atoms with Crippen LogP contribution in [0.25, 0.3) is 0 Å². The fourth-order valence-corrected chi connectivity index (χ4v) is 2.54. The summed E-state index contributed by atoms with van der Waals surface area (Å²) in [4.78, 5) is 6.84. The van der Waals surface area contributed by atoms with Crippen LogP contribution < -0.4 is 16.4 Å². The van der Waals surface area contributed by atoms with Crippen molar-refractivity contribution in [3.8, 4) is 0 Å². The first-order valence-electron chi connectivity index (χ1n) is 8.20. The molecule has 1 aliphatic rings. The number of nitrogens with zero attached hydrogens (tertiary/aromatic N) is 2. The maximum Gasteiger partial charge on any atom is 0.202 e. The number of aryl methyl sites for hydroxylation is 2. The largest absolute Gasteiger partial charge is 0.333 e. The maximum atomic E-state index is 6.41. The van der Waals surface area contributed by atoms with Gasteiger partial charge < -0.3 is 21.3 Å². The summed E-state index contributed by atoms with van der Waals surface area (Å²) in [5, 5.41) is 6.45. The van der Waals surface area contributed by atoms with E-state index in [0.29, 0.717) is 5.96 Å². The molecule has 0 aliphatic carbocycles. The topological polar surface area (TPSA) is 65.7 Å². The first kappa shape index (κ1) is 17.5. The van der Waals surface area contributed by atoms with Crippen LogP contribution in [-0.4, -0.2) is 37.2 Å². The summed E-state index contributed by atoms with van der Waals surface area (Å²) in [6.07, 6.45) is 6.84. The van der Waals surface area contributed by atoms with Crippen LogP contribution in [0.4, 0.5) is 5.69 Å². The normalized spacial score (nSPS) is 20.3. The second-order valence-electron chi connectivity index (χ2n) is 6.61. The molecule has 0 saturated heterocycles. The lowest BCUT2D eigenvalue weighted by atomic mass is 10.0. The number of rotatable bonds is 6. The summed E-state index contributed by atoms with van der Waals surface area (Å²) in [5.41, 5.74) is 9.33. The molecule has 0 saturated carbocycles. The molecule has 23 heavy (non-hydrogen) atoms. The number of anilines is 1. The molecule has 126 valence electrons. The van der Waals surface area contributed by atoms with E-state index in [9.17, 15) is 0 Å². The number of guanidine groups is 1. The molecule has 1 unspecified atom stereocenters. The first-order valence-corrected chi connectivity index (χ1v) is 8.20. The number of benzene rings is 1. The van der Waals surface area contributed by atoms with E-state index in [2.05, 4.69) is 66.7 Å². The smallest absolute Gasteiger partial charge is 0.202 e. The van der Waals surface area contributed by atoms with Crippen LogP contribution in [0.2, 0.25) is 0 Å². The number of nitrogens with two attached hydrogens (primary N) is 1. The van der Waals surface area contributed by atoms with E-state index in [0.717, 1.165) is 31.5 Å². The van der Waals surface area contributed by atoms with E-state index in [-0.39, 0.29) is 0 Å². The molecule has 1 aromatic carbocycles. The molecular formula is C18H29N5. The molecule has 1 heterocycles. The van der Waals surface area contributed by atoms with Gasteiger partial charge in [0.1, 0.15) is 5.66 Å². The van der Waals surface area contributed by atoms with Crippen molar-refractivity contribution < 1.29 is 0 Å². The van der Waals surface area contributed by atoms with Crippen LogP contribution in [0, 0.1) is 13.8 Å². The lowest BCUT2D eigenvalue weighted by Crippen LogP contribution is -2.44. The Hall–Kier alpha value is -1.85. The summed E-state index contributed by atoms with van der Waals surface area (Å²) in [7, 11) is 4.18. The molecule has 4 N–H and O–H groups in total. The Balaban J connectivity index is 1.96. The third-order valence-corrected chi connectivity index (χ3v) is 4.11. The van der Waals surface area contributed by atoms with Crippen LogP contribution >= 0.6 is 0 Å². The van der Waals surface area contributed by atoms with Crippen molar-refractivity contribution in [3.05, 3.63) is 41.6 Å². The summed E-state index contributed by atoms with van der Waals surface area (Å²) < 4.78 is 0. The predicted molar refractivity (Wildman–Crippen MR) is 98.6 cm³/mol. The van der Waals surface area contributed by atoms with Crippen LogP contribution in [0.15, 0.2) is 35.5 Å².